The van der Waals surface area contributed by atoms with Crippen LogP contribution in [0, 0.1) is 5.92 Å². The lowest BCUT2D eigenvalue weighted by Gasteiger charge is -2.17. The van der Waals surface area contributed by atoms with Gasteiger partial charge in [0.15, 0.2) is 0 Å². The molecule has 1 aliphatic heterocycles. The van der Waals surface area contributed by atoms with Crippen molar-refractivity contribution in [2.24, 2.45) is 13.0 Å². The molecule has 0 spiro atoms. The maximum Gasteiger partial charge on any atom is 0.389 e. The molecule has 6 heteroatoms. The van der Waals surface area contributed by atoms with E-state index in [1.54, 1.807) is 12.1 Å². The molecule has 1 saturated heterocycles. The molecule has 2 aromatic rings. The molecule has 1 aromatic heterocycles. The second-order valence-corrected chi connectivity index (χ2v) is 5.93. The standard InChI is InChI=1S/C16H17F3N2O/c1-20-6-5-12-2-3-13(8-14(12)20)15(22)21-7-4-11(10-21)9-16(17,18)19/h2-3,5-6,8,11H,4,7,9-10H2,1H3. The van der Waals surface area contributed by atoms with E-state index in [1.165, 1.54) is 4.90 Å². The largest absolute Gasteiger partial charge is 0.389 e. The van der Waals surface area contributed by atoms with Gasteiger partial charge in [0.25, 0.3) is 5.91 Å². The molecule has 1 atom stereocenters. The van der Waals surface area contributed by atoms with Crippen LogP contribution in [0.25, 0.3) is 10.9 Å². The van der Waals surface area contributed by atoms with Gasteiger partial charge in [0.05, 0.1) is 0 Å². The van der Waals surface area contributed by atoms with Crippen LogP contribution in [-0.2, 0) is 7.05 Å². The van der Waals surface area contributed by atoms with Crippen LogP contribution in [0.4, 0.5) is 13.2 Å². The first-order chi connectivity index (χ1) is 10.3. The number of carbonyl (C=O) groups is 1. The monoisotopic (exact) mass is 310 g/mol. The van der Waals surface area contributed by atoms with Crippen LogP contribution in [0.15, 0.2) is 30.5 Å². The zero-order valence-electron chi connectivity index (χ0n) is 12.2. The molecule has 3 nitrogen and oxygen atoms in total. The molecular weight excluding hydrogens is 293 g/mol. The molecule has 0 bridgehead atoms. The van der Waals surface area contributed by atoms with Gasteiger partial charge in [0.1, 0.15) is 0 Å². The second-order valence-electron chi connectivity index (χ2n) is 5.93. The Kier molecular flexibility index (Phi) is 3.62. The number of likely N-dealkylation sites (tertiary alicyclic amines) is 1. The predicted molar refractivity (Wildman–Crippen MR) is 77.6 cm³/mol. The number of alkyl halides is 3. The van der Waals surface area contributed by atoms with Crippen molar-refractivity contribution in [2.75, 3.05) is 13.1 Å². The quantitative estimate of drug-likeness (QED) is 0.832. The smallest absolute Gasteiger partial charge is 0.351 e. The zero-order valence-corrected chi connectivity index (χ0v) is 12.2. The van der Waals surface area contributed by atoms with Crippen LogP contribution in [0.2, 0.25) is 0 Å². The number of benzene rings is 1. The lowest BCUT2D eigenvalue weighted by atomic mass is 10.1. The van der Waals surface area contributed by atoms with Gasteiger partial charge >= 0.3 is 6.18 Å². The van der Waals surface area contributed by atoms with Crippen molar-refractivity contribution in [3.05, 3.63) is 36.0 Å². The van der Waals surface area contributed by atoms with E-state index in [9.17, 15) is 18.0 Å². The number of amides is 1. The number of carbonyl (C=O) groups excluding carboxylic acids is 1. The Labute approximate surface area is 126 Å². The van der Waals surface area contributed by atoms with E-state index < -0.39 is 18.5 Å². The maximum absolute atomic E-state index is 12.5. The van der Waals surface area contributed by atoms with Crippen LogP contribution in [0.3, 0.4) is 0 Å². The molecule has 22 heavy (non-hydrogen) atoms. The molecule has 2 heterocycles. The number of aryl methyl sites for hydroxylation is 1. The SMILES string of the molecule is Cn1ccc2ccc(C(=O)N3CCC(CC(F)(F)F)C3)cc21. The van der Waals surface area contributed by atoms with Gasteiger partial charge in [0.2, 0.25) is 0 Å². The van der Waals surface area contributed by atoms with Crippen LogP contribution < -0.4 is 0 Å². The number of fused-ring (bicyclic) bond motifs is 1. The highest BCUT2D eigenvalue weighted by Gasteiger charge is 2.36. The van der Waals surface area contributed by atoms with E-state index in [1.807, 2.05) is 29.9 Å². The fourth-order valence-electron chi connectivity index (χ4n) is 3.09. The summed E-state index contributed by atoms with van der Waals surface area (Å²) in [7, 11) is 1.89. The highest BCUT2D eigenvalue weighted by Crippen LogP contribution is 2.31. The van der Waals surface area contributed by atoms with Gasteiger partial charge in [-0.1, -0.05) is 6.07 Å². The average molecular weight is 310 g/mol. The summed E-state index contributed by atoms with van der Waals surface area (Å²) in [5.74, 6) is -0.671. The van der Waals surface area contributed by atoms with E-state index in [-0.39, 0.29) is 12.5 Å². The van der Waals surface area contributed by atoms with Crippen LogP contribution >= 0.6 is 0 Å². The summed E-state index contributed by atoms with van der Waals surface area (Å²) in [6.07, 6.45) is -2.65. The third-order valence-electron chi connectivity index (χ3n) is 4.23. The van der Waals surface area contributed by atoms with Crippen molar-refractivity contribution in [3.8, 4) is 0 Å². The first-order valence-electron chi connectivity index (χ1n) is 7.24. The Morgan fingerprint density at radius 3 is 2.82 bits per heavy atom. The van der Waals surface area contributed by atoms with Crippen molar-refractivity contribution in [2.45, 2.75) is 19.0 Å². The third kappa shape index (κ3) is 2.96. The summed E-state index contributed by atoms with van der Waals surface area (Å²) < 4.78 is 39.2. The van der Waals surface area contributed by atoms with E-state index in [0.717, 1.165) is 10.9 Å². The zero-order chi connectivity index (χ0) is 15.9. The molecule has 1 aromatic carbocycles. The molecule has 0 N–H and O–H groups in total. The normalized spacial score (nSPS) is 19.1. The van der Waals surface area contributed by atoms with Crippen molar-refractivity contribution < 1.29 is 18.0 Å². The Balaban J connectivity index is 1.74. The topological polar surface area (TPSA) is 25.2 Å². The van der Waals surface area contributed by atoms with Gasteiger partial charge in [-0.2, -0.15) is 13.2 Å². The first kappa shape index (κ1) is 14.9. The molecule has 1 fully saturated rings. The highest BCUT2D eigenvalue weighted by atomic mass is 19.4. The summed E-state index contributed by atoms with van der Waals surface area (Å²) >= 11 is 0. The summed E-state index contributed by atoms with van der Waals surface area (Å²) in [6.45, 7) is 0.578. The molecule has 0 radical (unpaired) electrons. The number of aromatic nitrogens is 1. The number of hydrogen-bond acceptors (Lipinski definition) is 1. The molecule has 1 aliphatic rings. The summed E-state index contributed by atoms with van der Waals surface area (Å²) in [5, 5.41) is 1.04. The molecule has 118 valence electrons. The minimum absolute atomic E-state index is 0.184. The number of nitrogens with zero attached hydrogens (tertiary/aromatic N) is 2. The van der Waals surface area contributed by atoms with Crippen LogP contribution in [0.5, 0.6) is 0 Å². The fourth-order valence-corrected chi connectivity index (χ4v) is 3.09. The van der Waals surface area contributed by atoms with Crippen molar-refractivity contribution in [1.29, 1.82) is 0 Å². The van der Waals surface area contributed by atoms with Crippen molar-refractivity contribution in [3.63, 3.8) is 0 Å². The molecule has 1 unspecified atom stereocenters. The summed E-state index contributed by atoms with van der Waals surface area (Å²) in [4.78, 5) is 14.0. The van der Waals surface area contributed by atoms with E-state index in [4.69, 9.17) is 0 Å². The van der Waals surface area contributed by atoms with E-state index in [0.29, 0.717) is 18.5 Å². The average Bonchev–Trinajstić information content (AvgIpc) is 3.03. The first-order valence-corrected chi connectivity index (χ1v) is 7.24. The third-order valence-corrected chi connectivity index (χ3v) is 4.23. The van der Waals surface area contributed by atoms with Gasteiger partial charge in [0, 0.05) is 43.8 Å². The molecule has 0 aliphatic carbocycles. The molecule has 3 rings (SSSR count). The molecule has 0 saturated carbocycles. The number of hydrogen-bond donors (Lipinski definition) is 0. The van der Waals surface area contributed by atoms with Gasteiger partial charge in [-0.25, -0.2) is 0 Å². The van der Waals surface area contributed by atoms with Gasteiger partial charge in [-0.05, 0) is 35.9 Å². The summed E-state index contributed by atoms with van der Waals surface area (Å²) in [6, 6.07) is 7.36. The van der Waals surface area contributed by atoms with Crippen molar-refractivity contribution in [1.82, 2.24) is 9.47 Å². The van der Waals surface area contributed by atoms with Crippen molar-refractivity contribution >= 4 is 16.8 Å². The van der Waals surface area contributed by atoms with Crippen LogP contribution in [-0.4, -0.2) is 34.6 Å². The minimum Gasteiger partial charge on any atom is -0.351 e. The fraction of sp³-hybridized carbons (Fsp3) is 0.438. The maximum atomic E-state index is 12.5. The Morgan fingerprint density at radius 1 is 1.32 bits per heavy atom. The minimum atomic E-state index is -4.16. The second kappa shape index (κ2) is 5.34. The Bertz CT molecular complexity index is 705. The lowest BCUT2D eigenvalue weighted by Crippen LogP contribution is -2.29. The Morgan fingerprint density at radius 2 is 2.09 bits per heavy atom. The van der Waals surface area contributed by atoms with Gasteiger partial charge < -0.3 is 9.47 Å². The number of halogens is 3. The van der Waals surface area contributed by atoms with Crippen LogP contribution in [0.1, 0.15) is 23.2 Å². The van der Waals surface area contributed by atoms with E-state index >= 15 is 0 Å². The number of rotatable bonds is 2. The molecular formula is C16H17F3N2O. The van der Waals surface area contributed by atoms with Gasteiger partial charge in [-0.15, -0.1) is 0 Å². The van der Waals surface area contributed by atoms with E-state index in [2.05, 4.69) is 0 Å². The highest BCUT2D eigenvalue weighted by molar-refractivity contribution is 5.98. The van der Waals surface area contributed by atoms with Gasteiger partial charge in [-0.3, -0.25) is 4.79 Å². The Hall–Kier alpha value is -1.98. The molecule has 1 amide bonds. The predicted octanol–water partition coefficient (Wildman–Crippen LogP) is 3.59. The summed E-state index contributed by atoms with van der Waals surface area (Å²) in [5.41, 5.74) is 1.47. The lowest BCUT2D eigenvalue weighted by molar-refractivity contribution is -0.143.